The Balaban J connectivity index is 1.53. The number of likely N-dealkylation sites (N-methyl/N-ethyl adjacent to an activating group) is 1. The molecular weight excluding hydrogens is 306 g/mol. The van der Waals surface area contributed by atoms with E-state index < -0.39 is 0 Å². The zero-order chi connectivity index (χ0) is 16.9. The third-order valence-corrected chi connectivity index (χ3v) is 3.92. The third-order valence-electron chi connectivity index (χ3n) is 3.92. The van der Waals surface area contributed by atoms with Crippen LogP contribution in [0.4, 0.5) is 4.79 Å². The zero-order valence-electron chi connectivity index (χ0n) is 13.8. The van der Waals surface area contributed by atoms with Crippen molar-refractivity contribution >= 4 is 6.03 Å². The molecule has 2 amide bonds. The van der Waals surface area contributed by atoms with Gasteiger partial charge in [-0.1, -0.05) is 18.2 Å². The highest BCUT2D eigenvalue weighted by Crippen LogP contribution is 2.30. The molecule has 2 atom stereocenters. The van der Waals surface area contributed by atoms with Gasteiger partial charge in [-0.3, -0.25) is 4.98 Å². The molecule has 0 fully saturated rings. The van der Waals surface area contributed by atoms with E-state index in [2.05, 4.69) is 10.3 Å². The van der Waals surface area contributed by atoms with Crippen LogP contribution in [0.25, 0.3) is 0 Å². The first-order valence-electron chi connectivity index (χ1n) is 7.93. The minimum Gasteiger partial charge on any atom is -0.486 e. The summed E-state index contributed by atoms with van der Waals surface area (Å²) >= 11 is 0. The van der Waals surface area contributed by atoms with Crippen LogP contribution in [0.1, 0.15) is 18.5 Å². The molecule has 0 spiro atoms. The maximum absolute atomic E-state index is 12.3. The second kappa shape index (κ2) is 7.21. The predicted octanol–water partition coefficient (Wildman–Crippen LogP) is 2.62. The summed E-state index contributed by atoms with van der Waals surface area (Å²) < 4.78 is 11.6. The predicted molar refractivity (Wildman–Crippen MR) is 90.2 cm³/mol. The van der Waals surface area contributed by atoms with Gasteiger partial charge in [0.05, 0.1) is 12.6 Å². The van der Waals surface area contributed by atoms with Crippen molar-refractivity contribution in [1.82, 2.24) is 15.2 Å². The van der Waals surface area contributed by atoms with Gasteiger partial charge >= 0.3 is 6.03 Å². The Morgan fingerprint density at radius 3 is 2.88 bits per heavy atom. The first-order chi connectivity index (χ1) is 11.6. The van der Waals surface area contributed by atoms with Gasteiger partial charge < -0.3 is 19.7 Å². The molecule has 1 aliphatic heterocycles. The Morgan fingerprint density at radius 1 is 1.33 bits per heavy atom. The van der Waals surface area contributed by atoms with E-state index in [4.69, 9.17) is 9.47 Å². The molecule has 6 heteroatoms. The highest BCUT2D eigenvalue weighted by molar-refractivity contribution is 5.74. The Kier molecular flexibility index (Phi) is 4.84. The number of pyridine rings is 1. The van der Waals surface area contributed by atoms with Crippen molar-refractivity contribution in [2.45, 2.75) is 19.1 Å². The van der Waals surface area contributed by atoms with Gasteiger partial charge in [0.2, 0.25) is 0 Å². The number of nitrogens with one attached hydrogen (secondary N) is 1. The highest BCUT2D eigenvalue weighted by Gasteiger charge is 2.24. The molecule has 1 N–H and O–H groups in total. The molecule has 0 unspecified atom stereocenters. The van der Waals surface area contributed by atoms with Crippen molar-refractivity contribution in [2.75, 3.05) is 20.2 Å². The average Bonchev–Trinajstić information content (AvgIpc) is 2.62. The molecule has 1 aromatic carbocycles. The molecule has 2 heterocycles. The molecule has 6 nitrogen and oxygen atoms in total. The summed E-state index contributed by atoms with van der Waals surface area (Å²) in [6, 6.07) is 11.1. The number of fused-ring (bicyclic) bond motifs is 1. The van der Waals surface area contributed by atoms with Gasteiger partial charge in [-0.15, -0.1) is 0 Å². The van der Waals surface area contributed by atoms with Crippen LogP contribution in [0.5, 0.6) is 11.5 Å². The molecule has 3 rings (SSSR count). The fourth-order valence-electron chi connectivity index (χ4n) is 2.55. The SMILES string of the molecule is C[C@@H](NC(=O)N(C)C[C@@H]1COc2ccccc2O1)c1cccnc1. The molecule has 0 saturated carbocycles. The number of benzene rings is 1. The number of aromatic nitrogens is 1. The molecule has 0 radical (unpaired) electrons. The van der Waals surface area contributed by atoms with Crippen LogP contribution in [0.2, 0.25) is 0 Å². The van der Waals surface area contributed by atoms with Crippen LogP contribution >= 0.6 is 0 Å². The normalized spacial score (nSPS) is 17.0. The van der Waals surface area contributed by atoms with Crippen LogP contribution in [-0.4, -0.2) is 42.2 Å². The highest BCUT2D eigenvalue weighted by atomic mass is 16.6. The van der Waals surface area contributed by atoms with E-state index in [1.807, 2.05) is 43.3 Å². The lowest BCUT2D eigenvalue weighted by atomic mass is 10.1. The average molecular weight is 327 g/mol. The van der Waals surface area contributed by atoms with E-state index in [1.165, 1.54) is 0 Å². The molecule has 2 aromatic rings. The number of nitrogens with zero attached hydrogens (tertiary/aromatic N) is 2. The lowest BCUT2D eigenvalue weighted by molar-refractivity contribution is 0.0713. The first kappa shape index (κ1) is 16.1. The van der Waals surface area contributed by atoms with Gasteiger partial charge in [0.25, 0.3) is 0 Å². The summed E-state index contributed by atoms with van der Waals surface area (Å²) in [5, 5.41) is 2.96. The van der Waals surface area contributed by atoms with Gasteiger partial charge in [0, 0.05) is 19.4 Å². The van der Waals surface area contributed by atoms with E-state index in [9.17, 15) is 4.79 Å². The fraction of sp³-hybridized carbons (Fsp3) is 0.333. The van der Waals surface area contributed by atoms with Crippen molar-refractivity contribution in [2.24, 2.45) is 0 Å². The minimum atomic E-state index is -0.190. The van der Waals surface area contributed by atoms with Crippen molar-refractivity contribution < 1.29 is 14.3 Å². The number of carbonyl (C=O) groups is 1. The summed E-state index contributed by atoms with van der Waals surface area (Å²) in [6.45, 7) is 2.80. The quantitative estimate of drug-likeness (QED) is 0.937. The third kappa shape index (κ3) is 3.76. The maximum atomic E-state index is 12.3. The smallest absolute Gasteiger partial charge is 0.317 e. The largest absolute Gasteiger partial charge is 0.486 e. The number of hydrogen-bond donors (Lipinski definition) is 1. The number of ether oxygens (including phenoxy) is 2. The summed E-state index contributed by atoms with van der Waals surface area (Å²) in [4.78, 5) is 18.0. The summed E-state index contributed by atoms with van der Waals surface area (Å²) in [6.07, 6.45) is 3.27. The number of para-hydroxylation sites is 2. The monoisotopic (exact) mass is 327 g/mol. The van der Waals surface area contributed by atoms with Crippen molar-refractivity contribution in [3.63, 3.8) is 0 Å². The van der Waals surface area contributed by atoms with Crippen molar-refractivity contribution in [3.8, 4) is 11.5 Å². The topological polar surface area (TPSA) is 63.7 Å². The van der Waals surface area contributed by atoms with Gasteiger partial charge in [-0.2, -0.15) is 0 Å². The Morgan fingerprint density at radius 2 is 2.12 bits per heavy atom. The molecule has 0 saturated heterocycles. The van der Waals surface area contributed by atoms with Gasteiger partial charge in [0.15, 0.2) is 17.6 Å². The lowest BCUT2D eigenvalue weighted by Crippen LogP contribution is -2.46. The Bertz CT molecular complexity index is 693. The molecule has 24 heavy (non-hydrogen) atoms. The lowest BCUT2D eigenvalue weighted by Gasteiger charge is -2.30. The zero-order valence-corrected chi connectivity index (χ0v) is 13.8. The van der Waals surface area contributed by atoms with Crippen LogP contribution < -0.4 is 14.8 Å². The first-order valence-corrected chi connectivity index (χ1v) is 7.93. The molecule has 126 valence electrons. The van der Waals surface area contributed by atoms with E-state index in [0.29, 0.717) is 18.9 Å². The van der Waals surface area contributed by atoms with Crippen LogP contribution in [0.3, 0.4) is 0 Å². The van der Waals surface area contributed by atoms with E-state index in [-0.39, 0.29) is 18.2 Å². The number of rotatable bonds is 4. The molecule has 0 bridgehead atoms. The van der Waals surface area contributed by atoms with E-state index >= 15 is 0 Å². The Labute approximate surface area is 141 Å². The summed E-state index contributed by atoms with van der Waals surface area (Å²) in [5.74, 6) is 1.46. The second-order valence-corrected chi connectivity index (χ2v) is 5.84. The van der Waals surface area contributed by atoms with Crippen LogP contribution in [0.15, 0.2) is 48.8 Å². The number of carbonyl (C=O) groups excluding carboxylic acids is 1. The molecular formula is C18H21N3O3. The Hall–Kier alpha value is -2.76. The number of urea groups is 1. The number of amides is 2. The van der Waals surface area contributed by atoms with Gasteiger partial charge in [-0.05, 0) is 30.7 Å². The van der Waals surface area contributed by atoms with E-state index in [0.717, 1.165) is 11.3 Å². The standard InChI is InChI=1S/C18H21N3O3/c1-13(14-6-5-9-19-10-14)20-18(22)21(2)11-15-12-23-16-7-3-4-8-17(16)24-15/h3-10,13,15H,11-12H2,1-2H3,(H,20,22)/t13-,15-/m1/s1. The van der Waals surface area contributed by atoms with Crippen molar-refractivity contribution in [3.05, 3.63) is 54.4 Å². The summed E-state index contributed by atoms with van der Waals surface area (Å²) in [5.41, 5.74) is 0.963. The number of hydrogen-bond acceptors (Lipinski definition) is 4. The van der Waals surface area contributed by atoms with Crippen molar-refractivity contribution in [1.29, 1.82) is 0 Å². The molecule has 1 aromatic heterocycles. The fourth-order valence-corrected chi connectivity index (χ4v) is 2.55. The van der Waals surface area contributed by atoms with Crippen LogP contribution in [0, 0.1) is 0 Å². The second-order valence-electron chi connectivity index (χ2n) is 5.84. The minimum absolute atomic E-state index is 0.113. The maximum Gasteiger partial charge on any atom is 0.317 e. The molecule has 1 aliphatic rings. The van der Waals surface area contributed by atoms with Gasteiger partial charge in [0.1, 0.15) is 6.61 Å². The summed E-state index contributed by atoms with van der Waals surface area (Å²) in [7, 11) is 1.75. The molecule has 0 aliphatic carbocycles. The van der Waals surface area contributed by atoms with Gasteiger partial charge in [-0.25, -0.2) is 4.79 Å². The van der Waals surface area contributed by atoms with E-state index in [1.54, 1.807) is 24.3 Å². The van der Waals surface area contributed by atoms with Crippen LogP contribution in [-0.2, 0) is 0 Å².